The average Bonchev–Trinajstić information content (AvgIpc) is 2.86. The smallest absolute Gasteiger partial charge is 0.255 e. The molecule has 3 rings (SSSR count). The van der Waals surface area contributed by atoms with E-state index in [-0.39, 0.29) is 23.8 Å². The number of fused-ring (bicyclic) bond motifs is 1. The molecule has 0 radical (unpaired) electrons. The lowest BCUT2D eigenvalue weighted by atomic mass is 10.1. The van der Waals surface area contributed by atoms with Gasteiger partial charge in [-0.25, -0.2) is 0 Å². The predicted octanol–water partition coefficient (Wildman–Crippen LogP) is 1.18. The van der Waals surface area contributed by atoms with E-state index < -0.39 is 0 Å². The first-order chi connectivity index (χ1) is 8.75. The predicted molar refractivity (Wildman–Crippen MR) is 64.3 cm³/mol. The van der Waals surface area contributed by atoms with E-state index in [1.54, 1.807) is 0 Å². The maximum absolute atomic E-state index is 12.4. The van der Waals surface area contributed by atoms with Crippen molar-refractivity contribution in [3.8, 4) is 5.75 Å². The van der Waals surface area contributed by atoms with Crippen LogP contribution in [-0.4, -0.2) is 46.2 Å². The molecule has 0 bridgehead atoms. The summed E-state index contributed by atoms with van der Waals surface area (Å²) in [5.41, 5.74) is 0.447. The summed E-state index contributed by atoms with van der Waals surface area (Å²) in [5, 5.41) is 9.39. The largest absolute Gasteiger partial charge is 0.506 e. The standard InChI is InChI=1S/C13H16N2O3/c16-10-6-9(7-14-8-10)13(17)15-4-5-18-12-3-1-2-11(12)15/h6-8,11-12,16H,1-5H2. The molecule has 0 aromatic carbocycles. The van der Waals surface area contributed by atoms with Gasteiger partial charge in [0.25, 0.3) is 5.91 Å². The van der Waals surface area contributed by atoms with Crippen molar-refractivity contribution in [2.24, 2.45) is 0 Å². The molecule has 1 saturated carbocycles. The first kappa shape index (κ1) is 11.5. The van der Waals surface area contributed by atoms with Crippen LogP contribution in [-0.2, 0) is 4.74 Å². The van der Waals surface area contributed by atoms with E-state index in [4.69, 9.17) is 4.74 Å². The minimum Gasteiger partial charge on any atom is -0.506 e. The van der Waals surface area contributed by atoms with E-state index in [1.807, 2.05) is 4.90 Å². The van der Waals surface area contributed by atoms with Crippen molar-refractivity contribution in [3.63, 3.8) is 0 Å². The molecule has 1 aliphatic heterocycles. The van der Waals surface area contributed by atoms with Gasteiger partial charge in [-0.05, 0) is 25.3 Å². The fraction of sp³-hybridized carbons (Fsp3) is 0.538. The molecule has 1 aromatic rings. The minimum atomic E-state index is -0.0569. The van der Waals surface area contributed by atoms with Crippen molar-refractivity contribution in [1.29, 1.82) is 0 Å². The molecular weight excluding hydrogens is 232 g/mol. The number of carbonyl (C=O) groups is 1. The molecule has 5 heteroatoms. The third-order valence-corrected chi connectivity index (χ3v) is 3.71. The molecule has 1 aromatic heterocycles. The molecule has 0 spiro atoms. The van der Waals surface area contributed by atoms with Gasteiger partial charge in [-0.3, -0.25) is 9.78 Å². The van der Waals surface area contributed by atoms with Gasteiger partial charge in [0.1, 0.15) is 5.75 Å². The summed E-state index contributed by atoms with van der Waals surface area (Å²) in [7, 11) is 0. The van der Waals surface area contributed by atoms with Crippen LogP contribution in [0, 0.1) is 0 Å². The second kappa shape index (κ2) is 4.57. The monoisotopic (exact) mass is 248 g/mol. The highest BCUT2D eigenvalue weighted by Crippen LogP contribution is 2.30. The fourth-order valence-electron chi connectivity index (χ4n) is 2.89. The van der Waals surface area contributed by atoms with Gasteiger partial charge in [-0.1, -0.05) is 0 Å². The average molecular weight is 248 g/mol. The minimum absolute atomic E-state index is 0.0251. The lowest BCUT2D eigenvalue weighted by molar-refractivity contribution is -0.0445. The summed E-state index contributed by atoms with van der Waals surface area (Å²) in [5.74, 6) is -0.0318. The highest BCUT2D eigenvalue weighted by Gasteiger charge is 2.38. The van der Waals surface area contributed by atoms with Crippen LogP contribution in [0.15, 0.2) is 18.5 Å². The highest BCUT2D eigenvalue weighted by atomic mass is 16.5. The zero-order chi connectivity index (χ0) is 12.5. The van der Waals surface area contributed by atoms with Gasteiger partial charge in [-0.15, -0.1) is 0 Å². The third kappa shape index (κ3) is 1.95. The van der Waals surface area contributed by atoms with Crippen molar-refractivity contribution in [2.45, 2.75) is 31.4 Å². The van der Waals surface area contributed by atoms with Crippen molar-refractivity contribution in [2.75, 3.05) is 13.2 Å². The normalized spacial score (nSPS) is 27.0. The van der Waals surface area contributed by atoms with E-state index in [9.17, 15) is 9.90 Å². The Morgan fingerprint density at radius 1 is 1.44 bits per heavy atom. The number of ether oxygens (including phenoxy) is 1. The van der Waals surface area contributed by atoms with Gasteiger partial charge in [0.2, 0.25) is 0 Å². The van der Waals surface area contributed by atoms with Crippen molar-refractivity contribution in [1.82, 2.24) is 9.88 Å². The Morgan fingerprint density at radius 3 is 3.17 bits per heavy atom. The molecule has 1 aliphatic carbocycles. The Bertz CT molecular complexity index is 463. The second-order valence-corrected chi connectivity index (χ2v) is 4.84. The molecule has 96 valence electrons. The Labute approximate surface area is 105 Å². The van der Waals surface area contributed by atoms with Crippen molar-refractivity contribution >= 4 is 5.91 Å². The maximum Gasteiger partial charge on any atom is 0.255 e. The Hall–Kier alpha value is -1.62. The molecule has 1 amide bonds. The fourth-order valence-corrected chi connectivity index (χ4v) is 2.89. The first-order valence-electron chi connectivity index (χ1n) is 6.32. The van der Waals surface area contributed by atoms with Crippen LogP contribution in [0.25, 0.3) is 0 Å². The zero-order valence-corrected chi connectivity index (χ0v) is 10.1. The van der Waals surface area contributed by atoms with Crippen LogP contribution in [0.1, 0.15) is 29.6 Å². The number of pyridine rings is 1. The summed E-state index contributed by atoms with van der Waals surface area (Å²) in [6.07, 6.45) is 6.16. The summed E-state index contributed by atoms with van der Waals surface area (Å²) in [6.45, 7) is 1.22. The Kier molecular flexibility index (Phi) is 2.91. The SMILES string of the molecule is O=C(c1cncc(O)c1)N1CCOC2CCCC21. The quantitative estimate of drug-likeness (QED) is 0.810. The van der Waals surface area contributed by atoms with E-state index in [0.29, 0.717) is 18.7 Å². The van der Waals surface area contributed by atoms with Crippen LogP contribution in [0.4, 0.5) is 0 Å². The van der Waals surface area contributed by atoms with Crippen molar-refractivity contribution in [3.05, 3.63) is 24.0 Å². The molecule has 1 N–H and O–H groups in total. The number of nitrogens with zero attached hydrogens (tertiary/aromatic N) is 2. The number of morpholine rings is 1. The lowest BCUT2D eigenvalue weighted by Gasteiger charge is -2.37. The number of aromatic nitrogens is 1. The van der Waals surface area contributed by atoms with Gasteiger partial charge < -0.3 is 14.7 Å². The second-order valence-electron chi connectivity index (χ2n) is 4.84. The maximum atomic E-state index is 12.4. The Balaban J connectivity index is 1.83. The molecule has 2 heterocycles. The van der Waals surface area contributed by atoms with Gasteiger partial charge in [-0.2, -0.15) is 0 Å². The molecular formula is C13H16N2O3. The number of hydrogen-bond donors (Lipinski definition) is 1. The molecule has 18 heavy (non-hydrogen) atoms. The van der Waals surface area contributed by atoms with Crippen LogP contribution in [0.3, 0.4) is 0 Å². The lowest BCUT2D eigenvalue weighted by Crippen LogP contribution is -2.51. The molecule has 2 unspecified atom stereocenters. The van der Waals surface area contributed by atoms with Gasteiger partial charge in [0.05, 0.1) is 30.5 Å². The summed E-state index contributed by atoms with van der Waals surface area (Å²) >= 11 is 0. The highest BCUT2D eigenvalue weighted by molar-refractivity contribution is 5.94. The summed E-state index contributed by atoms with van der Waals surface area (Å²) < 4.78 is 5.68. The molecule has 5 nitrogen and oxygen atoms in total. The van der Waals surface area contributed by atoms with Crippen LogP contribution < -0.4 is 0 Å². The zero-order valence-electron chi connectivity index (χ0n) is 10.1. The first-order valence-corrected chi connectivity index (χ1v) is 6.32. The molecule has 2 atom stereocenters. The van der Waals surface area contributed by atoms with Crippen LogP contribution in [0.5, 0.6) is 5.75 Å². The van der Waals surface area contributed by atoms with Crippen LogP contribution in [0.2, 0.25) is 0 Å². The summed E-state index contributed by atoms with van der Waals surface area (Å²) in [6, 6.07) is 1.66. The molecule has 2 fully saturated rings. The summed E-state index contributed by atoms with van der Waals surface area (Å²) in [4.78, 5) is 18.1. The molecule has 2 aliphatic rings. The number of hydrogen-bond acceptors (Lipinski definition) is 4. The molecule has 1 saturated heterocycles. The Morgan fingerprint density at radius 2 is 2.33 bits per heavy atom. The van der Waals surface area contributed by atoms with E-state index >= 15 is 0 Å². The number of carbonyl (C=O) groups excluding carboxylic acids is 1. The van der Waals surface area contributed by atoms with E-state index in [0.717, 1.165) is 19.3 Å². The van der Waals surface area contributed by atoms with Gasteiger partial charge in [0, 0.05) is 12.7 Å². The number of aromatic hydroxyl groups is 1. The number of rotatable bonds is 1. The number of amides is 1. The van der Waals surface area contributed by atoms with Gasteiger partial charge in [0.15, 0.2) is 0 Å². The van der Waals surface area contributed by atoms with Crippen molar-refractivity contribution < 1.29 is 14.6 Å². The van der Waals surface area contributed by atoms with E-state index in [2.05, 4.69) is 4.98 Å². The van der Waals surface area contributed by atoms with Gasteiger partial charge >= 0.3 is 0 Å². The van der Waals surface area contributed by atoms with Crippen LogP contribution >= 0.6 is 0 Å². The third-order valence-electron chi connectivity index (χ3n) is 3.71. The van der Waals surface area contributed by atoms with E-state index in [1.165, 1.54) is 18.5 Å². The topological polar surface area (TPSA) is 62.7 Å².